The molecule has 0 spiro atoms. The number of nitrogens with one attached hydrogen (secondary N) is 1. The zero-order valence-corrected chi connectivity index (χ0v) is 24.9. The molecule has 3 N–H and O–H groups in total. The van der Waals surface area contributed by atoms with Crippen molar-refractivity contribution < 1.29 is 4.74 Å². The topological polar surface area (TPSA) is 59.1 Å². The zero-order valence-electron chi connectivity index (χ0n) is 24.9. The smallest absolute Gasteiger partial charge is 0.122 e. The lowest BCUT2D eigenvalue weighted by molar-refractivity contribution is -0.0656. The van der Waals surface area contributed by atoms with Gasteiger partial charge in [-0.25, -0.2) is 0 Å². The Hall–Kier alpha value is -1.61. The maximum absolute atomic E-state index is 7.59. The summed E-state index contributed by atoms with van der Waals surface area (Å²) in [5.74, 6) is 5.49. The number of nitrogens with two attached hydrogens (primary N) is 1. The highest BCUT2D eigenvalue weighted by atomic mass is 16.5. The van der Waals surface area contributed by atoms with Crippen LogP contribution in [0, 0.1) is 51.7 Å². The minimum atomic E-state index is 0.124. The first-order valence-corrected chi connectivity index (χ1v) is 15.9. The summed E-state index contributed by atoms with van der Waals surface area (Å²) in [5, 5.41) is 7.59. The van der Waals surface area contributed by atoms with E-state index in [9.17, 15) is 0 Å². The number of hydrogen-bond acceptors (Lipinski definition) is 2. The maximum atomic E-state index is 7.59. The second-order valence-electron chi connectivity index (χ2n) is 14.6. The van der Waals surface area contributed by atoms with Gasteiger partial charge in [0.1, 0.15) is 5.84 Å². The number of ether oxygens (including phenoxy) is 1. The third-order valence-electron chi connectivity index (χ3n) is 12.0. The molecule has 3 nitrogen and oxygen atoms in total. The number of nitrogen functional groups attached to an aromatic ring is 1. The van der Waals surface area contributed by atoms with Crippen LogP contribution in [0.2, 0.25) is 0 Å². The molecule has 3 saturated carbocycles. The Morgan fingerprint density at radius 2 is 1.76 bits per heavy atom. The number of benzene rings is 1. The summed E-state index contributed by atoms with van der Waals surface area (Å²) in [6, 6.07) is 7.96. The molecule has 0 heterocycles. The normalized spacial score (nSPS) is 37.2. The third-order valence-corrected chi connectivity index (χ3v) is 12.0. The number of allylic oxidation sites excluding steroid dienone is 1. The zero-order chi connectivity index (χ0) is 27.1. The number of amidine groups is 1. The van der Waals surface area contributed by atoms with Crippen molar-refractivity contribution in [2.24, 2.45) is 52.1 Å². The average Bonchev–Trinajstić information content (AvgIpc) is 3.24. The fraction of sp³-hybridized carbons (Fsp3) is 0.743. The van der Waals surface area contributed by atoms with Crippen LogP contribution in [-0.2, 0) is 11.3 Å². The van der Waals surface area contributed by atoms with Gasteiger partial charge in [-0.3, -0.25) is 5.41 Å². The summed E-state index contributed by atoms with van der Waals surface area (Å²) in [4.78, 5) is 0. The molecule has 0 aromatic heterocycles. The molecule has 4 aliphatic carbocycles. The van der Waals surface area contributed by atoms with E-state index in [1.54, 1.807) is 5.57 Å². The predicted molar refractivity (Wildman–Crippen MR) is 159 cm³/mol. The van der Waals surface area contributed by atoms with Crippen LogP contribution in [0.15, 0.2) is 35.9 Å². The summed E-state index contributed by atoms with van der Waals surface area (Å²) in [7, 11) is 0. The molecule has 0 saturated heterocycles. The molecule has 0 aliphatic heterocycles. The second-order valence-corrected chi connectivity index (χ2v) is 14.6. The summed E-state index contributed by atoms with van der Waals surface area (Å²) >= 11 is 0. The van der Waals surface area contributed by atoms with E-state index < -0.39 is 0 Å². The van der Waals surface area contributed by atoms with Crippen molar-refractivity contribution in [1.29, 1.82) is 5.41 Å². The molecule has 5 rings (SSSR count). The highest BCUT2D eigenvalue weighted by molar-refractivity contribution is 5.94. The van der Waals surface area contributed by atoms with Gasteiger partial charge in [0.2, 0.25) is 0 Å². The van der Waals surface area contributed by atoms with Gasteiger partial charge in [-0.2, -0.15) is 0 Å². The second kappa shape index (κ2) is 11.1. The van der Waals surface area contributed by atoms with Gasteiger partial charge in [-0.1, -0.05) is 89.8 Å². The van der Waals surface area contributed by atoms with Crippen molar-refractivity contribution in [1.82, 2.24) is 0 Å². The van der Waals surface area contributed by atoms with Crippen molar-refractivity contribution in [3.8, 4) is 0 Å². The van der Waals surface area contributed by atoms with Crippen molar-refractivity contribution in [3.05, 3.63) is 47.0 Å². The number of rotatable bonds is 9. The third kappa shape index (κ3) is 5.26. The molecule has 8 atom stereocenters. The van der Waals surface area contributed by atoms with Crippen LogP contribution in [-0.4, -0.2) is 11.9 Å². The van der Waals surface area contributed by atoms with E-state index in [4.69, 9.17) is 15.9 Å². The van der Waals surface area contributed by atoms with Gasteiger partial charge in [-0.05, 0) is 103 Å². The van der Waals surface area contributed by atoms with Crippen LogP contribution in [0.3, 0.4) is 0 Å². The van der Waals surface area contributed by atoms with Crippen LogP contribution in [0.5, 0.6) is 0 Å². The van der Waals surface area contributed by atoms with Crippen molar-refractivity contribution in [3.63, 3.8) is 0 Å². The first-order valence-electron chi connectivity index (χ1n) is 15.9. The Bertz CT molecular complexity index is 1010. The molecule has 210 valence electrons. The molecular weight excluding hydrogens is 464 g/mol. The van der Waals surface area contributed by atoms with E-state index >= 15 is 0 Å². The minimum Gasteiger partial charge on any atom is -0.384 e. The summed E-state index contributed by atoms with van der Waals surface area (Å²) in [6.07, 6.45) is 18.0. The Morgan fingerprint density at radius 3 is 2.47 bits per heavy atom. The van der Waals surface area contributed by atoms with Crippen LogP contribution in [0.4, 0.5) is 0 Å². The van der Waals surface area contributed by atoms with Crippen LogP contribution < -0.4 is 5.73 Å². The highest BCUT2D eigenvalue weighted by Gasteiger charge is 2.59. The van der Waals surface area contributed by atoms with Gasteiger partial charge in [-0.15, -0.1) is 0 Å². The molecule has 1 aromatic carbocycles. The lowest BCUT2D eigenvalue weighted by Gasteiger charge is -2.58. The van der Waals surface area contributed by atoms with Gasteiger partial charge < -0.3 is 10.5 Å². The monoisotopic (exact) mass is 518 g/mol. The molecule has 3 fully saturated rings. The van der Waals surface area contributed by atoms with Gasteiger partial charge in [0.05, 0.1) is 12.7 Å². The number of fused-ring (bicyclic) bond motifs is 5. The summed E-state index contributed by atoms with van der Waals surface area (Å²) < 4.78 is 6.45. The Kier molecular flexibility index (Phi) is 8.17. The van der Waals surface area contributed by atoms with Crippen LogP contribution in [0.25, 0.3) is 0 Å². The predicted octanol–water partition coefficient (Wildman–Crippen LogP) is 8.90. The van der Waals surface area contributed by atoms with E-state index in [1.165, 1.54) is 69.8 Å². The maximum Gasteiger partial charge on any atom is 0.122 e. The Morgan fingerprint density at radius 1 is 1.00 bits per heavy atom. The fourth-order valence-corrected chi connectivity index (χ4v) is 9.79. The van der Waals surface area contributed by atoms with Crippen molar-refractivity contribution in [2.75, 3.05) is 0 Å². The molecule has 0 amide bonds. The quantitative estimate of drug-likeness (QED) is 0.195. The van der Waals surface area contributed by atoms with Gasteiger partial charge in [0, 0.05) is 5.56 Å². The molecule has 4 aliphatic rings. The van der Waals surface area contributed by atoms with Gasteiger partial charge >= 0.3 is 0 Å². The van der Waals surface area contributed by atoms with Crippen molar-refractivity contribution >= 4 is 5.84 Å². The van der Waals surface area contributed by atoms with Gasteiger partial charge in [0.25, 0.3) is 0 Å². The van der Waals surface area contributed by atoms with E-state index in [-0.39, 0.29) is 5.84 Å². The van der Waals surface area contributed by atoms with Crippen LogP contribution in [0.1, 0.15) is 116 Å². The first kappa shape index (κ1) is 27.9. The van der Waals surface area contributed by atoms with Crippen LogP contribution >= 0.6 is 0 Å². The SMILES string of the molecule is CC(C)CCCC(C)[C@H]1CC[C@H]2[C@@H]3CC=C4C[C@@H](OCc5ccc(C(=N)N)cc5)CC[C@]4(C)[C@H]3CC[C@]12C. The molecular formula is C35H54N2O. The minimum absolute atomic E-state index is 0.124. The fourth-order valence-electron chi connectivity index (χ4n) is 9.79. The molecule has 3 heteroatoms. The van der Waals surface area contributed by atoms with Gasteiger partial charge in [0.15, 0.2) is 0 Å². The molecule has 1 aromatic rings. The first-order chi connectivity index (χ1) is 18.1. The molecule has 0 radical (unpaired) electrons. The van der Waals surface area contributed by atoms with Crippen molar-refractivity contribution in [2.45, 2.75) is 118 Å². The lowest BCUT2D eigenvalue weighted by atomic mass is 9.47. The molecule has 0 bridgehead atoms. The summed E-state index contributed by atoms with van der Waals surface area (Å²) in [6.45, 7) is 13.3. The summed E-state index contributed by atoms with van der Waals surface area (Å²) in [5.41, 5.74) is 10.2. The highest BCUT2D eigenvalue weighted by Crippen LogP contribution is 2.67. The van der Waals surface area contributed by atoms with E-state index in [0.29, 0.717) is 23.5 Å². The lowest BCUT2D eigenvalue weighted by Crippen LogP contribution is -2.51. The molecule has 1 unspecified atom stereocenters. The Labute approximate surface area is 232 Å². The molecule has 38 heavy (non-hydrogen) atoms. The standard InChI is InChI=1S/C35H54N2O/c1-23(2)7-6-8-24(3)30-15-16-31-29-14-13-27-21-28(38-22-25-9-11-26(12-10-25)33(36)37)17-19-34(27,4)32(29)18-20-35(30,31)5/h9-13,23-24,28-32H,6-8,14-22H2,1-5H3,(H3,36,37)/t24?,28-,29-,30+,31-,32-,34-,35+/m0/s1. The van der Waals surface area contributed by atoms with E-state index in [2.05, 4.69) is 40.7 Å². The van der Waals surface area contributed by atoms with E-state index in [0.717, 1.165) is 47.5 Å². The van der Waals surface area contributed by atoms with E-state index in [1.807, 2.05) is 24.3 Å². The number of hydrogen-bond donors (Lipinski definition) is 2. The largest absolute Gasteiger partial charge is 0.384 e. The Balaban J connectivity index is 1.21. The average molecular weight is 519 g/mol.